The maximum absolute atomic E-state index is 12.3. The summed E-state index contributed by atoms with van der Waals surface area (Å²) in [4.78, 5) is 25.3. The molecule has 0 bridgehead atoms. The van der Waals surface area contributed by atoms with Gasteiger partial charge in [0, 0.05) is 4.88 Å². The molecule has 0 saturated carbocycles. The largest absolute Gasteiger partial charge is 0.458 e. The lowest BCUT2D eigenvalue weighted by Gasteiger charge is -2.20. The first-order chi connectivity index (χ1) is 11.5. The number of halogens is 1. The second-order valence-corrected chi connectivity index (χ2v) is 7.56. The van der Waals surface area contributed by atoms with Gasteiger partial charge in [-0.1, -0.05) is 55.8 Å². The molecule has 0 aliphatic carbocycles. The van der Waals surface area contributed by atoms with E-state index in [-0.39, 0.29) is 24.9 Å². The lowest BCUT2D eigenvalue weighted by molar-refractivity contribution is -0.150. The third-order valence-corrected chi connectivity index (χ3v) is 4.63. The van der Waals surface area contributed by atoms with Gasteiger partial charge in [0.1, 0.15) is 12.6 Å². The molecule has 1 aromatic heterocycles. The van der Waals surface area contributed by atoms with Crippen LogP contribution in [0.2, 0.25) is 4.34 Å². The van der Waals surface area contributed by atoms with Crippen LogP contribution in [0.25, 0.3) is 0 Å². The van der Waals surface area contributed by atoms with E-state index in [1.807, 2.05) is 50.2 Å². The Morgan fingerprint density at radius 3 is 2.46 bits per heavy atom. The summed E-state index contributed by atoms with van der Waals surface area (Å²) in [7, 11) is 0. The summed E-state index contributed by atoms with van der Waals surface area (Å²) < 4.78 is 5.96. The van der Waals surface area contributed by atoms with Gasteiger partial charge in [-0.2, -0.15) is 0 Å². The first-order valence-electron chi connectivity index (χ1n) is 7.70. The molecule has 0 radical (unpaired) electrons. The van der Waals surface area contributed by atoms with Crippen LogP contribution in [-0.2, 0) is 27.4 Å². The Bertz CT molecular complexity index is 685. The van der Waals surface area contributed by atoms with Gasteiger partial charge in [-0.05, 0) is 23.6 Å². The van der Waals surface area contributed by atoms with Crippen molar-refractivity contribution in [3.63, 3.8) is 0 Å². The third-order valence-electron chi connectivity index (χ3n) is 3.43. The van der Waals surface area contributed by atoms with Crippen LogP contribution in [0.1, 0.15) is 24.3 Å². The molecular formula is C18H20ClNO3S. The Hall–Kier alpha value is -1.85. The zero-order valence-corrected chi connectivity index (χ0v) is 15.2. The Labute approximate surface area is 150 Å². The Morgan fingerprint density at radius 2 is 1.88 bits per heavy atom. The second kappa shape index (κ2) is 8.85. The Morgan fingerprint density at radius 1 is 1.17 bits per heavy atom. The van der Waals surface area contributed by atoms with Gasteiger partial charge in [0.25, 0.3) is 0 Å². The topological polar surface area (TPSA) is 55.4 Å². The number of thiophene rings is 1. The fourth-order valence-electron chi connectivity index (χ4n) is 2.16. The molecule has 0 saturated heterocycles. The van der Waals surface area contributed by atoms with Crippen molar-refractivity contribution in [2.45, 2.75) is 32.9 Å². The number of esters is 1. The lowest BCUT2D eigenvalue weighted by atomic mass is 10.0. The maximum atomic E-state index is 12.3. The Kier molecular flexibility index (Phi) is 6.82. The van der Waals surface area contributed by atoms with Crippen LogP contribution in [0.15, 0.2) is 42.5 Å². The van der Waals surface area contributed by atoms with E-state index in [0.29, 0.717) is 4.34 Å². The molecule has 6 heteroatoms. The van der Waals surface area contributed by atoms with Crippen LogP contribution < -0.4 is 5.32 Å². The van der Waals surface area contributed by atoms with Crippen LogP contribution in [0.4, 0.5) is 0 Å². The summed E-state index contributed by atoms with van der Waals surface area (Å²) in [5, 5.41) is 2.77. The van der Waals surface area contributed by atoms with Crippen LogP contribution in [0.3, 0.4) is 0 Å². The van der Waals surface area contributed by atoms with Gasteiger partial charge in [-0.15, -0.1) is 11.3 Å². The average molecular weight is 366 g/mol. The molecule has 0 spiro atoms. The predicted molar refractivity (Wildman–Crippen MR) is 96.0 cm³/mol. The van der Waals surface area contributed by atoms with Gasteiger partial charge in [0.2, 0.25) is 5.91 Å². The van der Waals surface area contributed by atoms with E-state index in [0.717, 1.165) is 10.4 Å². The van der Waals surface area contributed by atoms with E-state index < -0.39 is 12.0 Å². The van der Waals surface area contributed by atoms with Crippen LogP contribution >= 0.6 is 22.9 Å². The molecule has 0 fully saturated rings. The number of hydrogen-bond acceptors (Lipinski definition) is 4. The van der Waals surface area contributed by atoms with Crippen molar-refractivity contribution >= 4 is 34.8 Å². The van der Waals surface area contributed by atoms with Crippen LogP contribution in [0.5, 0.6) is 0 Å². The summed E-state index contributed by atoms with van der Waals surface area (Å²) in [5.41, 5.74) is 0.902. The van der Waals surface area contributed by atoms with E-state index in [9.17, 15) is 9.59 Å². The van der Waals surface area contributed by atoms with Crippen LogP contribution in [-0.4, -0.2) is 17.9 Å². The van der Waals surface area contributed by atoms with Crippen molar-refractivity contribution in [2.75, 3.05) is 0 Å². The first kappa shape index (κ1) is 18.5. The van der Waals surface area contributed by atoms with Gasteiger partial charge < -0.3 is 10.1 Å². The first-order valence-corrected chi connectivity index (χ1v) is 8.89. The molecule has 4 nitrogen and oxygen atoms in total. The second-order valence-electron chi connectivity index (χ2n) is 5.77. The monoisotopic (exact) mass is 365 g/mol. The highest BCUT2D eigenvalue weighted by molar-refractivity contribution is 7.16. The molecule has 2 rings (SSSR count). The standard InChI is InChI=1S/C18H20ClNO3S/c1-12(2)17(18(22)23-11-14-8-9-15(19)24-14)20-16(21)10-13-6-4-3-5-7-13/h3-9,12,17H,10-11H2,1-2H3,(H,20,21)/t17-/m0/s1. The van der Waals surface area contributed by atoms with Crippen molar-refractivity contribution < 1.29 is 14.3 Å². The Balaban J connectivity index is 1.90. The molecule has 1 amide bonds. The highest BCUT2D eigenvalue weighted by Gasteiger charge is 2.25. The van der Waals surface area contributed by atoms with E-state index in [1.54, 1.807) is 6.07 Å². The highest BCUT2D eigenvalue weighted by atomic mass is 35.5. The van der Waals surface area contributed by atoms with Crippen molar-refractivity contribution in [2.24, 2.45) is 5.92 Å². The molecule has 128 valence electrons. The summed E-state index contributed by atoms with van der Waals surface area (Å²) in [6.45, 7) is 3.90. The molecular weight excluding hydrogens is 346 g/mol. The van der Waals surface area contributed by atoms with E-state index >= 15 is 0 Å². The van der Waals surface area contributed by atoms with Gasteiger partial charge in [-0.3, -0.25) is 4.79 Å². The SMILES string of the molecule is CC(C)[C@H](NC(=O)Cc1ccccc1)C(=O)OCc1ccc(Cl)s1. The molecule has 1 heterocycles. The summed E-state index contributed by atoms with van der Waals surface area (Å²) >= 11 is 7.22. The summed E-state index contributed by atoms with van der Waals surface area (Å²) in [6, 6.07) is 12.3. The van der Waals surface area contributed by atoms with E-state index in [1.165, 1.54) is 11.3 Å². The normalized spacial score (nSPS) is 12.0. The van der Waals surface area contributed by atoms with Gasteiger partial charge >= 0.3 is 5.97 Å². The summed E-state index contributed by atoms with van der Waals surface area (Å²) in [5.74, 6) is -0.698. The fraction of sp³-hybridized carbons (Fsp3) is 0.333. The zero-order chi connectivity index (χ0) is 17.5. The minimum atomic E-state index is -0.670. The number of rotatable bonds is 7. The van der Waals surface area contributed by atoms with Crippen molar-refractivity contribution in [3.05, 3.63) is 57.2 Å². The molecule has 2 aromatic rings. The van der Waals surface area contributed by atoms with Gasteiger partial charge in [0.05, 0.1) is 10.8 Å². The van der Waals surface area contributed by atoms with Gasteiger partial charge in [-0.25, -0.2) is 4.79 Å². The molecule has 0 unspecified atom stereocenters. The van der Waals surface area contributed by atoms with Crippen molar-refractivity contribution in [1.29, 1.82) is 0 Å². The highest BCUT2D eigenvalue weighted by Crippen LogP contribution is 2.22. The van der Waals surface area contributed by atoms with Crippen molar-refractivity contribution in [1.82, 2.24) is 5.32 Å². The quantitative estimate of drug-likeness (QED) is 0.759. The van der Waals surface area contributed by atoms with E-state index in [4.69, 9.17) is 16.3 Å². The molecule has 24 heavy (non-hydrogen) atoms. The molecule has 0 aliphatic rings. The summed E-state index contributed by atoms with van der Waals surface area (Å²) in [6.07, 6.45) is 0.234. The number of carbonyl (C=O) groups excluding carboxylic acids is 2. The number of ether oxygens (including phenoxy) is 1. The number of amides is 1. The lowest BCUT2D eigenvalue weighted by Crippen LogP contribution is -2.45. The van der Waals surface area contributed by atoms with Gasteiger partial charge in [0.15, 0.2) is 0 Å². The molecule has 1 atom stereocenters. The zero-order valence-electron chi connectivity index (χ0n) is 13.6. The predicted octanol–water partition coefficient (Wildman–Crippen LogP) is 3.83. The maximum Gasteiger partial charge on any atom is 0.329 e. The van der Waals surface area contributed by atoms with E-state index in [2.05, 4.69) is 5.32 Å². The minimum absolute atomic E-state index is 0.0656. The number of hydrogen-bond donors (Lipinski definition) is 1. The number of carbonyl (C=O) groups is 2. The average Bonchev–Trinajstić information content (AvgIpc) is 2.96. The van der Waals surface area contributed by atoms with Crippen LogP contribution in [0, 0.1) is 5.92 Å². The molecule has 0 aliphatic heterocycles. The fourth-order valence-corrected chi connectivity index (χ4v) is 3.17. The third kappa shape index (κ3) is 5.65. The smallest absolute Gasteiger partial charge is 0.329 e. The minimum Gasteiger partial charge on any atom is -0.458 e. The number of nitrogens with one attached hydrogen (secondary N) is 1. The number of benzene rings is 1. The molecule has 1 aromatic carbocycles. The molecule has 1 N–H and O–H groups in total. The van der Waals surface area contributed by atoms with Crippen molar-refractivity contribution in [3.8, 4) is 0 Å².